The SMILES string of the molecule is CCc1cccc(NC(=O)CN(C)CC(=O)Nc2ccccc2SC)c1. The third-order valence-electron chi connectivity index (χ3n) is 3.83. The molecule has 5 nitrogen and oxygen atoms in total. The number of hydrogen-bond donors (Lipinski definition) is 2. The van der Waals surface area contributed by atoms with E-state index in [1.54, 1.807) is 23.7 Å². The zero-order chi connectivity index (χ0) is 18.9. The van der Waals surface area contributed by atoms with Crippen LogP contribution < -0.4 is 10.6 Å². The molecule has 138 valence electrons. The molecule has 0 radical (unpaired) electrons. The van der Waals surface area contributed by atoms with E-state index in [1.165, 1.54) is 5.56 Å². The van der Waals surface area contributed by atoms with Gasteiger partial charge < -0.3 is 10.6 Å². The molecule has 6 heteroatoms. The molecule has 0 aliphatic carbocycles. The van der Waals surface area contributed by atoms with Crippen LogP contribution in [0.2, 0.25) is 0 Å². The average Bonchev–Trinajstić information content (AvgIpc) is 2.61. The first-order valence-corrected chi connectivity index (χ1v) is 9.74. The number of benzene rings is 2. The molecule has 0 spiro atoms. The Kier molecular flexibility index (Phi) is 7.69. The Bertz CT molecular complexity index is 764. The summed E-state index contributed by atoms with van der Waals surface area (Å²) in [6.07, 6.45) is 2.89. The van der Waals surface area contributed by atoms with Crippen molar-refractivity contribution in [2.45, 2.75) is 18.2 Å². The quantitative estimate of drug-likeness (QED) is 0.698. The predicted octanol–water partition coefficient (Wildman–Crippen LogP) is 3.48. The van der Waals surface area contributed by atoms with Gasteiger partial charge in [-0.05, 0) is 49.6 Å². The van der Waals surface area contributed by atoms with E-state index in [0.29, 0.717) is 0 Å². The minimum absolute atomic E-state index is 0.141. The third-order valence-corrected chi connectivity index (χ3v) is 4.62. The van der Waals surface area contributed by atoms with Gasteiger partial charge in [0.2, 0.25) is 11.8 Å². The Morgan fingerprint density at radius 1 is 1.00 bits per heavy atom. The molecule has 2 rings (SSSR count). The molecule has 0 aliphatic rings. The van der Waals surface area contributed by atoms with Gasteiger partial charge >= 0.3 is 0 Å². The zero-order valence-corrected chi connectivity index (χ0v) is 16.2. The fraction of sp³-hybridized carbons (Fsp3) is 0.300. The zero-order valence-electron chi connectivity index (χ0n) is 15.4. The largest absolute Gasteiger partial charge is 0.325 e. The van der Waals surface area contributed by atoms with Crippen LogP contribution in [-0.4, -0.2) is 43.1 Å². The van der Waals surface area contributed by atoms with E-state index in [9.17, 15) is 9.59 Å². The topological polar surface area (TPSA) is 61.4 Å². The molecule has 0 fully saturated rings. The monoisotopic (exact) mass is 371 g/mol. The van der Waals surface area contributed by atoms with Crippen LogP contribution >= 0.6 is 11.8 Å². The van der Waals surface area contributed by atoms with Crippen molar-refractivity contribution < 1.29 is 9.59 Å². The molecule has 0 saturated carbocycles. The van der Waals surface area contributed by atoms with Crippen molar-refractivity contribution in [2.75, 3.05) is 37.0 Å². The molecule has 2 N–H and O–H groups in total. The van der Waals surface area contributed by atoms with Gasteiger partial charge in [-0.2, -0.15) is 0 Å². The maximum Gasteiger partial charge on any atom is 0.238 e. The van der Waals surface area contributed by atoms with E-state index in [4.69, 9.17) is 0 Å². The molecule has 0 bridgehead atoms. The molecule has 2 aromatic carbocycles. The summed E-state index contributed by atoms with van der Waals surface area (Å²) in [7, 11) is 1.75. The van der Waals surface area contributed by atoms with Crippen LogP contribution in [0.5, 0.6) is 0 Å². The van der Waals surface area contributed by atoms with E-state index < -0.39 is 0 Å². The number of anilines is 2. The van der Waals surface area contributed by atoms with E-state index >= 15 is 0 Å². The van der Waals surface area contributed by atoms with Gasteiger partial charge in [0.25, 0.3) is 0 Å². The lowest BCUT2D eigenvalue weighted by Crippen LogP contribution is -2.36. The number of carbonyl (C=O) groups is 2. The highest BCUT2D eigenvalue weighted by atomic mass is 32.2. The van der Waals surface area contributed by atoms with Crippen LogP contribution in [0.1, 0.15) is 12.5 Å². The maximum atomic E-state index is 12.2. The molecule has 0 unspecified atom stereocenters. The summed E-state index contributed by atoms with van der Waals surface area (Å²) in [4.78, 5) is 27.1. The maximum absolute atomic E-state index is 12.2. The van der Waals surface area contributed by atoms with Crippen molar-refractivity contribution in [3.8, 4) is 0 Å². The van der Waals surface area contributed by atoms with Gasteiger partial charge in [0.15, 0.2) is 0 Å². The summed E-state index contributed by atoms with van der Waals surface area (Å²) in [6, 6.07) is 15.4. The first-order chi connectivity index (χ1) is 12.5. The Morgan fingerprint density at radius 3 is 2.38 bits per heavy atom. The van der Waals surface area contributed by atoms with Gasteiger partial charge in [-0.3, -0.25) is 14.5 Å². The van der Waals surface area contributed by atoms with Gasteiger partial charge in [-0.15, -0.1) is 11.8 Å². The van der Waals surface area contributed by atoms with Gasteiger partial charge in [-0.1, -0.05) is 31.2 Å². The van der Waals surface area contributed by atoms with Crippen LogP contribution in [0, 0.1) is 0 Å². The Hall–Kier alpha value is -2.31. The lowest BCUT2D eigenvalue weighted by molar-refractivity contribution is -0.119. The molecule has 0 saturated heterocycles. The highest BCUT2D eigenvalue weighted by Gasteiger charge is 2.12. The fourth-order valence-corrected chi connectivity index (χ4v) is 3.11. The smallest absolute Gasteiger partial charge is 0.238 e. The summed E-state index contributed by atoms with van der Waals surface area (Å²) in [5.41, 5.74) is 2.74. The van der Waals surface area contributed by atoms with Crippen LogP contribution in [0.25, 0.3) is 0 Å². The number of para-hydroxylation sites is 1. The van der Waals surface area contributed by atoms with Gasteiger partial charge in [0.05, 0.1) is 18.8 Å². The van der Waals surface area contributed by atoms with E-state index in [2.05, 4.69) is 17.6 Å². The standard InChI is InChI=1S/C20H25N3O2S/c1-4-15-8-7-9-16(12-15)21-19(24)13-23(2)14-20(25)22-17-10-5-6-11-18(17)26-3/h5-12H,4,13-14H2,1-3H3,(H,21,24)(H,22,25). The van der Waals surface area contributed by atoms with Crippen molar-refractivity contribution in [1.82, 2.24) is 4.90 Å². The number of carbonyl (C=O) groups excluding carboxylic acids is 2. The molecule has 0 aromatic heterocycles. The molecular formula is C20H25N3O2S. The van der Waals surface area contributed by atoms with Gasteiger partial charge in [-0.25, -0.2) is 0 Å². The van der Waals surface area contributed by atoms with Gasteiger partial charge in [0.1, 0.15) is 0 Å². The van der Waals surface area contributed by atoms with Crippen LogP contribution in [0.4, 0.5) is 11.4 Å². The van der Waals surface area contributed by atoms with Crippen molar-refractivity contribution in [1.29, 1.82) is 0 Å². The van der Waals surface area contributed by atoms with E-state index in [0.717, 1.165) is 22.7 Å². The van der Waals surface area contributed by atoms with Crippen LogP contribution in [-0.2, 0) is 16.0 Å². The number of amides is 2. The van der Waals surface area contributed by atoms with Crippen molar-refractivity contribution in [3.63, 3.8) is 0 Å². The van der Waals surface area contributed by atoms with Crippen LogP contribution in [0.3, 0.4) is 0 Å². The summed E-state index contributed by atoms with van der Waals surface area (Å²) >= 11 is 1.58. The normalized spacial score (nSPS) is 10.6. The second kappa shape index (κ2) is 9.99. The third kappa shape index (κ3) is 6.20. The van der Waals surface area contributed by atoms with Gasteiger partial charge in [0, 0.05) is 10.6 Å². The summed E-state index contributed by atoms with van der Waals surface area (Å²) in [5.74, 6) is -0.284. The first kappa shape index (κ1) is 20.0. The molecule has 0 heterocycles. The number of aryl methyl sites for hydroxylation is 1. The number of rotatable bonds is 8. The van der Waals surface area contributed by atoms with E-state index in [-0.39, 0.29) is 24.9 Å². The average molecular weight is 372 g/mol. The molecule has 26 heavy (non-hydrogen) atoms. The number of thioether (sulfide) groups is 1. The number of nitrogens with one attached hydrogen (secondary N) is 2. The lowest BCUT2D eigenvalue weighted by atomic mass is 10.1. The van der Waals surface area contributed by atoms with Crippen LogP contribution in [0.15, 0.2) is 53.4 Å². The molecule has 0 atom stereocenters. The molecule has 2 aromatic rings. The van der Waals surface area contributed by atoms with E-state index in [1.807, 2.05) is 54.8 Å². The molecule has 0 aliphatic heterocycles. The minimum Gasteiger partial charge on any atom is -0.325 e. The highest BCUT2D eigenvalue weighted by molar-refractivity contribution is 7.98. The number of likely N-dealkylation sites (N-methyl/N-ethyl adjacent to an activating group) is 1. The second-order valence-corrected chi connectivity index (χ2v) is 6.87. The molecular weight excluding hydrogens is 346 g/mol. The van der Waals surface area contributed by atoms with Crippen molar-refractivity contribution >= 4 is 35.0 Å². The number of hydrogen-bond acceptors (Lipinski definition) is 4. The lowest BCUT2D eigenvalue weighted by Gasteiger charge is -2.17. The number of nitrogens with zero attached hydrogens (tertiary/aromatic N) is 1. The summed E-state index contributed by atoms with van der Waals surface area (Å²) in [6.45, 7) is 2.36. The Balaban J connectivity index is 1.84. The predicted molar refractivity (Wildman–Crippen MR) is 109 cm³/mol. The fourth-order valence-electron chi connectivity index (χ4n) is 2.55. The minimum atomic E-state index is -0.144. The summed E-state index contributed by atoms with van der Waals surface area (Å²) in [5, 5.41) is 5.77. The highest BCUT2D eigenvalue weighted by Crippen LogP contribution is 2.24. The Labute approximate surface area is 159 Å². The van der Waals surface area contributed by atoms with Crippen molar-refractivity contribution in [2.24, 2.45) is 0 Å². The first-order valence-electron chi connectivity index (χ1n) is 8.52. The molecule has 2 amide bonds. The summed E-state index contributed by atoms with van der Waals surface area (Å²) < 4.78 is 0. The second-order valence-electron chi connectivity index (χ2n) is 6.02. The Morgan fingerprint density at radius 2 is 1.69 bits per heavy atom. The van der Waals surface area contributed by atoms with Crippen molar-refractivity contribution in [3.05, 3.63) is 54.1 Å².